The molecule has 2 rings (SSSR count). The van der Waals surface area contributed by atoms with Gasteiger partial charge in [-0.3, -0.25) is 0 Å². The minimum absolute atomic E-state index is 0.0427. The molecule has 0 aliphatic carbocycles. The molecule has 0 fully saturated rings. The molecule has 0 unspecified atom stereocenters. The summed E-state index contributed by atoms with van der Waals surface area (Å²) in [6.45, 7) is 2.70. The van der Waals surface area contributed by atoms with E-state index < -0.39 is 5.97 Å². The van der Waals surface area contributed by atoms with Gasteiger partial charge in [-0.1, -0.05) is 6.07 Å². The number of hydrogen-bond donors (Lipinski definition) is 2. The average molecular weight is 292 g/mol. The molecule has 0 aliphatic heterocycles. The van der Waals surface area contributed by atoms with E-state index in [4.69, 9.17) is 4.74 Å². The van der Waals surface area contributed by atoms with Gasteiger partial charge in [-0.15, -0.1) is 0 Å². The minimum Gasteiger partial charge on any atom is -0.496 e. The number of rotatable bonds is 6. The first-order chi connectivity index (χ1) is 9.61. The van der Waals surface area contributed by atoms with Crippen LogP contribution in [0.2, 0.25) is 0 Å². The Morgan fingerprint density at radius 3 is 2.90 bits per heavy atom. The molecule has 1 aromatic heterocycles. The van der Waals surface area contributed by atoms with Gasteiger partial charge in [0, 0.05) is 23.7 Å². The summed E-state index contributed by atoms with van der Waals surface area (Å²) in [6.07, 6.45) is 1.77. The van der Waals surface area contributed by atoms with Crippen molar-refractivity contribution in [1.29, 1.82) is 0 Å². The van der Waals surface area contributed by atoms with Crippen molar-refractivity contribution in [1.82, 2.24) is 9.69 Å². The van der Waals surface area contributed by atoms with E-state index in [0.717, 1.165) is 10.4 Å². The minimum atomic E-state index is -0.988. The van der Waals surface area contributed by atoms with Gasteiger partial charge in [-0.05, 0) is 42.2 Å². The van der Waals surface area contributed by atoms with Crippen LogP contribution in [-0.4, -0.2) is 22.6 Å². The van der Waals surface area contributed by atoms with E-state index in [9.17, 15) is 9.90 Å². The number of carboxylic acid groups (broad SMARTS) is 1. The van der Waals surface area contributed by atoms with Crippen molar-refractivity contribution in [2.24, 2.45) is 0 Å². The topological polar surface area (TPSA) is 71.5 Å². The molecule has 1 aromatic carbocycles. The van der Waals surface area contributed by atoms with Crippen LogP contribution in [0.4, 0.5) is 0 Å². The lowest BCUT2D eigenvalue weighted by Gasteiger charge is -2.15. The summed E-state index contributed by atoms with van der Waals surface area (Å²) in [7, 11) is 1.47. The molecule has 1 atom stereocenters. The number of carboxylic acids is 1. The van der Waals surface area contributed by atoms with E-state index in [2.05, 4.69) is 9.69 Å². The Balaban J connectivity index is 2.11. The van der Waals surface area contributed by atoms with Crippen molar-refractivity contribution in [3.8, 4) is 5.75 Å². The second-order valence-corrected chi connectivity index (χ2v) is 5.26. The Morgan fingerprint density at radius 2 is 2.30 bits per heavy atom. The summed E-state index contributed by atoms with van der Waals surface area (Å²) in [5, 5.41) is 12.5. The highest BCUT2D eigenvalue weighted by Gasteiger charge is 2.14. The molecular formula is C14H16N2O3S. The number of nitrogens with one attached hydrogen (secondary N) is 1. The lowest BCUT2D eigenvalue weighted by Crippen LogP contribution is -2.18. The zero-order valence-corrected chi connectivity index (χ0v) is 12.1. The van der Waals surface area contributed by atoms with Gasteiger partial charge < -0.3 is 15.2 Å². The summed E-state index contributed by atoms with van der Waals surface area (Å²) >= 11 is 1.45. The number of ether oxygens (including phenoxy) is 1. The monoisotopic (exact) mass is 292 g/mol. The lowest BCUT2D eigenvalue weighted by atomic mass is 10.0. The third kappa shape index (κ3) is 3.34. The fourth-order valence-corrected chi connectivity index (χ4v) is 2.39. The molecule has 0 aliphatic rings. The highest BCUT2D eigenvalue weighted by molar-refractivity contribution is 7.05. The maximum absolute atomic E-state index is 11.2. The number of carbonyl (C=O) groups is 1. The average Bonchev–Trinajstić information content (AvgIpc) is 2.97. The fraction of sp³-hybridized carbons (Fsp3) is 0.286. The molecule has 0 saturated carbocycles. The maximum Gasteiger partial charge on any atom is 0.339 e. The summed E-state index contributed by atoms with van der Waals surface area (Å²) in [5.41, 5.74) is 1.09. The van der Waals surface area contributed by atoms with Crippen molar-refractivity contribution in [2.45, 2.75) is 19.5 Å². The molecule has 106 valence electrons. The van der Waals surface area contributed by atoms with Crippen LogP contribution in [0.5, 0.6) is 5.75 Å². The van der Waals surface area contributed by atoms with E-state index in [1.807, 2.05) is 19.1 Å². The molecule has 2 aromatic rings. The van der Waals surface area contributed by atoms with Crippen LogP contribution in [-0.2, 0) is 6.54 Å². The first-order valence-electron chi connectivity index (χ1n) is 6.16. The van der Waals surface area contributed by atoms with Crippen molar-refractivity contribution in [3.63, 3.8) is 0 Å². The van der Waals surface area contributed by atoms with Crippen LogP contribution >= 0.6 is 11.5 Å². The first kappa shape index (κ1) is 14.5. The molecule has 0 spiro atoms. The predicted octanol–water partition coefficient (Wildman–Crippen LogP) is 2.70. The van der Waals surface area contributed by atoms with Crippen molar-refractivity contribution in [2.75, 3.05) is 7.11 Å². The summed E-state index contributed by atoms with van der Waals surface area (Å²) < 4.78 is 9.09. The van der Waals surface area contributed by atoms with Gasteiger partial charge in [-0.25, -0.2) is 9.17 Å². The third-order valence-electron chi connectivity index (χ3n) is 3.03. The largest absolute Gasteiger partial charge is 0.496 e. The molecule has 5 nitrogen and oxygen atoms in total. The quantitative estimate of drug-likeness (QED) is 0.856. The van der Waals surface area contributed by atoms with Crippen LogP contribution in [0.25, 0.3) is 0 Å². The predicted molar refractivity (Wildman–Crippen MR) is 77.3 cm³/mol. The fourth-order valence-electron chi connectivity index (χ4n) is 1.87. The molecule has 0 saturated heterocycles. The zero-order valence-electron chi connectivity index (χ0n) is 11.3. The van der Waals surface area contributed by atoms with E-state index in [1.54, 1.807) is 18.3 Å². The van der Waals surface area contributed by atoms with Crippen molar-refractivity contribution >= 4 is 17.5 Å². The Hall–Kier alpha value is -1.92. The molecule has 0 radical (unpaired) electrons. The number of methoxy groups -OCH3 is 1. The number of aromatic nitrogens is 1. The van der Waals surface area contributed by atoms with E-state index >= 15 is 0 Å². The van der Waals surface area contributed by atoms with E-state index in [0.29, 0.717) is 12.3 Å². The third-order valence-corrected chi connectivity index (χ3v) is 3.77. The Bertz CT molecular complexity index is 584. The van der Waals surface area contributed by atoms with Crippen LogP contribution in [0.1, 0.15) is 33.8 Å². The zero-order chi connectivity index (χ0) is 14.5. The normalized spacial score (nSPS) is 12.1. The van der Waals surface area contributed by atoms with Gasteiger partial charge in [0.25, 0.3) is 0 Å². The standard InChI is InChI=1S/C14H16N2O3S/c1-9(15-8-11-5-6-16-20-11)10-3-4-13(19-2)12(7-10)14(17)18/h3-7,9,15H,8H2,1-2H3,(H,17,18)/t9-/m0/s1. The molecule has 20 heavy (non-hydrogen) atoms. The number of nitrogens with zero attached hydrogens (tertiary/aromatic N) is 1. The van der Waals surface area contributed by atoms with Gasteiger partial charge in [-0.2, -0.15) is 0 Å². The van der Waals surface area contributed by atoms with Gasteiger partial charge >= 0.3 is 5.97 Å². The summed E-state index contributed by atoms with van der Waals surface area (Å²) in [6, 6.07) is 7.20. The Labute approximate surface area is 121 Å². The Kier molecular flexibility index (Phi) is 4.70. The van der Waals surface area contributed by atoms with Crippen LogP contribution in [0, 0.1) is 0 Å². The molecule has 0 bridgehead atoms. The molecule has 1 heterocycles. The molecule has 0 amide bonds. The highest BCUT2D eigenvalue weighted by atomic mass is 32.1. The van der Waals surface area contributed by atoms with Crippen LogP contribution in [0.3, 0.4) is 0 Å². The van der Waals surface area contributed by atoms with Gasteiger partial charge in [0.1, 0.15) is 11.3 Å². The summed E-state index contributed by atoms with van der Waals surface area (Å²) in [4.78, 5) is 12.3. The number of hydrogen-bond acceptors (Lipinski definition) is 5. The van der Waals surface area contributed by atoms with Crippen molar-refractivity contribution < 1.29 is 14.6 Å². The summed E-state index contributed by atoms with van der Waals surface area (Å²) in [5.74, 6) is -0.616. The highest BCUT2D eigenvalue weighted by Crippen LogP contribution is 2.23. The molecule has 2 N–H and O–H groups in total. The van der Waals surface area contributed by atoms with Gasteiger partial charge in [0.15, 0.2) is 0 Å². The van der Waals surface area contributed by atoms with E-state index in [1.165, 1.54) is 18.6 Å². The smallest absolute Gasteiger partial charge is 0.339 e. The second kappa shape index (κ2) is 6.49. The molecule has 6 heteroatoms. The number of aromatic carboxylic acids is 1. The maximum atomic E-state index is 11.2. The van der Waals surface area contributed by atoms with E-state index in [-0.39, 0.29) is 11.6 Å². The Morgan fingerprint density at radius 1 is 1.50 bits per heavy atom. The second-order valence-electron chi connectivity index (χ2n) is 4.35. The van der Waals surface area contributed by atoms with Crippen molar-refractivity contribution in [3.05, 3.63) is 46.5 Å². The van der Waals surface area contributed by atoms with Gasteiger partial charge in [0.05, 0.1) is 7.11 Å². The number of benzene rings is 1. The van der Waals surface area contributed by atoms with Crippen LogP contribution in [0.15, 0.2) is 30.5 Å². The molecular weight excluding hydrogens is 276 g/mol. The lowest BCUT2D eigenvalue weighted by molar-refractivity contribution is 0.0693. The first-order valence-corrected chi connectivity index (χ1v) is 6.93. The SMILES string of the molecule is COc1ccc([C@H](C)NCc2ccns2)cc1C(=O)O. The van der Waals surface area contributed by atoms with Gasteiger partial charge in [0.2, 0.25) is 0 Å². The van der Waals surface area contributed by atoms with Crippen LogP contribution < -0.4 is 10.1 Å².